The predicted molar refractivity (Wildman–Crippen MR) is 104 cm³/mol. The van der Waals surface area contributed by atoms with Crippen molar-refractivity contribution in [1.29, 1.82) is 0 Å². The van der Waals surface area contributed by atoms with Gasteiger partial charge in [-0.05, 0) is 49.2 Å². The van der Waals surface area contributed by atoms with Crippen molar-refractivity contribution in [3.8, 4) is 5.75 Å². The van der Waals surface area contributed by atoms with E-state index in [-0.39, 0.29) is 17.6 Å². The van der Waals surface area contributed by atoms with Crippen LogP contribution in [0.15, 0.2) is 42.5 Å². The summed E-state index contributed by atoms with van der Waals surface area (Å²) in [6, 6.07) is 12.4. The summed E-state index contributed by atoms with van der Waals surface area (Å²) in [5, 5.41) is 3.44. The molecule has 0 aliphatic carbocycles. The van der Waals surface area contributed by atoms with Gasteiger partial charge in [-0.15, -0.1) is 0 Å². The van der Waals surface area contributed by atoms with Crippen LogP contribution in [0, 0.1) is 11.7 Å². The first-order valence-corrected chi connectivity index (χ1v) is 9.50. The van der Waals surface area contributed by atoms with Crippen molar-refractivity contribution in [2.45, 2.75) is 25.9 Å². The predicted octanol–water partition coefficient (Wildman–Crippen LogP) is 4.02. The number of hydrogen-bond donors (Lipinski definition) is 1. The van der Waals surface area contributed by atoms with Gasteiger partial charge in [0.2, 0.25) is 5.91 Å². The van der Waals surface area contributed by atoms with Crippen LogP contribution in [-0.2, 0) is 17.9 Å². The zero-order valence-corrected chi connectivity index (χ0v) is 16.1. The van der Waals surface area contributed by atoms with Crippen molar-refractivity contribution in [1.82, 2.24) is 10.2 Å². The lowest BCUT2D eigenvalue weighted by Crippen LogP contribution is -2.42. The molecule has 0 aromatic heterocycles. The van der Waals surface area contributed by atoms with Crippen LogP contribution in [0.3, 0.4) is 0 Å². The molecule has 0 bridgehead atoms. The number of amides is 1. The number of hydrogen-bond acceptors (Lipinski definition) is 3. The highest BCUT2D eigenvalue weighted by atomic mass is 35.5. The highest BCUT2D eigenvalue weighted by molar-refractivity contribution is 6.31. The van der Waals surface area contributed by atoms with E-state index in [1.54, 1.807) is 19.2 Å². The van der Waals surface area contributed by atoms with E-state index in [4.69, 9.17) is 16.3 Å². The van der Waals surface area contributed by atoms with Crippen LogP contribution in [0.2, 0.25) is 5.02 Å². The molecular weight excluding hydrogens is 367 g/mol. The number of piperidine rings is 1. The smallest absolute Gasteiger partial charge is 0.224 e. The third-order valence-electron chi connectivity index (χ3n) is 4.95. The number of likely N-dealkylation sites (tertiary alicyclic amines) is 1. The maximum atomic E-state index is 14.0. The van der Waals surface area contributed by atoms with Crippen molar-refractivity contribution >= 4 is 17.5 Å². The number of nitrogens with zero attached hydrogens (tertiary/aromatic N) is 1. The Hall–Kier alpha value is -2.11. The average molecular weight is 391 g/mol. The topological polar surface area (TPSA) is 41.6 Å². The largest absolute Gasteiger partial charge is 0.497 e. The number of methoxy groups -OCH3 is 1. The number of nitrogens with one attached hydrogen (secondary N) is 1. The fourth-order valence-electron chi connectivity index (χ4n) is 3.40. The van der Waals surface area contributed by atoms with Crippen LogP contribution in [0.25, 0.3) is 0 Å². The van der Waals surface area contributed by atoms with Crippen molar-refractivity contribution < 1.29 is 13.9 Å². The van der Waals surface area contributed by atoms with E-state index in [0.717, 1.165) is 30.7 Å². The molecular formula is C21H24ClFN2O2. The summed E-state index contributed by atoms with van der Waals surface area (Å²) in [6.45, 7) is 2.36. The van der Waals surface area contributed by atoms with Gasteiger partial charge >= 0.3 is 0 Å². The van der Waals surface area contributed by atoms with E-state index in [0.29, 0.717) is 30.2 Å². The third-order valence-corrected chi connectivity index (χ3v) is 5.30. The summed E-state index contributed by atoms with van der Waals surface area (Å²) >= 11 is 6.13. The first kappa shape index (κ1) is 19.6. The average Bonchev–Trinajstić information content (AvgIpc) is 2.69. The fraction of sp³-hybridized carbons (Fsp3) is 0.381. The van der Waals surface area contributed by atoms with Crippen LogP contribution in [-0.4, -0.2) is 31.0 Å². The van der Waals surface area contributed by atoms with Crippen LogP contribution in [0.1, 0.15) is 24.0 Å². The quantitative estimate of drug-likeness (QED) is 0.810. The highest BCUT2D eigenvalue weighted by Gasteiger charge is 2.26. The summed E-state index contributed by atoms with van der Waals surface area (Å²) in [7, 11) is 1.63. The van der Waals surface area contributed by atoms with Crippen LogP contribution >= 0.6 is 11.6 Å². The minimum atomic E-state index is -0.298. The number of carbonyl (C=O) groups is 1. The zero-order valence-electron chi connectivity index (χ0n) is 15.4. The molecule has 1 saturated heterocycles. The molecule has 1 fully saturated rings. The maximum Gasteiger partial charge on any atom is 0.224 e. The highest BCUT2D eigenvalue weighted by Crippen LogP contribution is 2.24. The Balaban J connectivity index is 1.54. The first-order valence-electron chi connectivity index (χ1n) is 9.12. The summed E-state index contributed by atoms with van der Waals surface area (Å²) in [6.07, 6.45) is 1.75. The second-order valence-corrected chi connectivity index (χ2v) is 7.25. The van der Waals surface area contributed by atoms with E-state index < -0.39 is 0 Å². The Kier molecular flexibility index (Phi) is 6.69. The molecule has 1 heterocycles. The van der Waals surface area contributed by atoms with Crippen molar-refractivity contribution in [2.24, 2.45) is 5.92 Å². The van der Waals surface area contributed by atoms with Crippen LogP contribution in [0.5, 0.6) is 5.75 Å². The van der Waals surface area contributed by atoms with Gasteiger partial charge < -0.3 is 10.1 Å². The van der Waals surface area contributed by atoms with E-state index in [1.165, 1.54) is 6.07 Å². The Morgan fingerprint density at radius 2 is 2.07 bits per heavy atom. The number of benzene rings is 2. The standard InChI is InChI=1S/C21H24ClFN2O2/c1-27-17-9-7-15(8-10-17)12-24-21(26)16-4-3-11-25(13-16)14-18-19(22)5-2-6-20(18)23/h2,5-10,16H,3-4,11-14H2,1H3,(H,24,26). The molecule has 2 aromatic rings. The van der Waals surface area contributed by atoms with Gasteiger partial charge in [-0.1, -0.05) is 29.8 Å². The van der Waals surface area contributed by atoms with Gasteiger partial charge in [-0.25, -0.2) is 4.39 Å². The monoisotopic (exact) mass is 390 g/mol. The summed E-state index contributed by atoms with van der Waals surface area (Å²) in [5.41, 5.74) is 1.52. The lowest BCUT2D eigenvalue weighted by molar-refractivity contribution is -0.126. The van der Waals surface area contributed by atoms with Crippen LogP contribution in [0.4, 0.5) is 4.39 Å². The molecule has 1 aliphatic rings. The molecule has 1 atom stereocenters. The molecule has 1 amide bonds. The van der Waals surface area contributed by atoms with Crippen LogP contribution < -0.4 is 10.1 Å². The maximum absolute atomic E-state index is 14.0. The minimum absolute atomic E-state index is 0.0372. The molecule has 144 valence electrons. The molecule has 2 aromatic carbocycles. The Morgan fingerprint density at radius 1 is 1.30 bits per heavy atom. The van der Waals surface area contributed by atoms with Gasteiger partial charge in [0, 0.05) is 30.2 Å². The summed E-state index contributed by atoms with van der Waals surface area (Å²) in [5.74, 6) is 0.436. The molecule has 4 nitrogen and oxygen atoms in total. The summed E-state index contributed by atoms with van der Waals surface area (Å²) in [4.78, 5) is 14.7. The van der Waals surface area contributed by atoms with Gasteiger partial charge in [-0.2, -0.15) is 0 Å². The van der Waals surface area contributed by atoms with Crippen molar-refractivity contribution in [3.63, 3.8) is 0 Å². The van der Waals surface area contributed by atoms with E-state index in [1.807, 2.05) is 24.3 Å². The van der Waals surface area contributed by atoms with Gasteiger partial charge in [0.1, 0.15) is 11.6 Å². The Labute approximate surface area is 164 Å². The van der Waals surface area contributed by atoms with Gasteiger partial charge in [0.15, 0.2) is 0 Å². The molecule has 0 spiro atoms. The second-order valence-electron chi connectivity index (χ2n) is 6.84. The number of ether oxygens (including phenoxy) is 1. The molecule has 6 heteroatoms. The van der Waals surface area contributed by atoms with Gasteiger partial charge in [-0.3, -0.25) is 9.69 Å². The van der Waals surface area contributed by atoms with Gasteiger partial charge in [0.25, 0.3) is 0 Å². The molecule has 1 N–H and O–H groups in total. The lowest BCUT2D eigenvalue weighted by atomic mass is 9.96. The van der Waals surface area contributed by atoms with E-state index in [9.17, 15) is 9.18 Å². The minimum Gasteiger partial charge on any atom is -0.497 e. The zero-order chi connectivity index (χ0) is 19.2. The van der Waals surface area contributed by atoms with Crippen molar-refractivity contribution in [3.05, 3.63) is 64.4 Å². The normalized spacial score (nSPS) is 17.5. The van der Waals surface area contributed by atoms with Gasteiger partial charge in [0.05, 0.1) is 13.0 Å². The molecule has 27 heavy (non-hydrogen) atoms. The molecule has 1 aliphatic heterocycles. The van der Waals surface area contributed by atoms with E-state index in [2.05, 4.69) is 10.2 Å². The number of rotatable bonds is 6. The fourth-order valence-corrected chi connectivity index (χ4v) is 3.62. The molecule has 1 unspecified atom stereocenters. The Bertz CT molecular complexity index is 762. The number of carbonyl (C=O) groups excluding carboxylic acids is 1. The number of halogens is 2. The molecule has 0 radical (unpaired) electrons. The van der Waals surface area contributed by atoms with Crippen molar-refractivity contribution in [2.75, 3.05) is 20.2 Å². The summed E-state index contributed by atoms with van der Waals surface area (Å²) < 4.78 is 19.2. The first-order chi connectivity index (χ1) is 13.1. The SMILES string of the molecule is COc1ccc(CNC(=O)C2CCCN(Cc3c(F)cccc3Cl)C2)cc1. The van der Waals surface area contributed by atoms with E-state index >= 15 is 0 Å². The second kappa shape index (κ2) is 9.20. The molecule has 0 saturated carbocycles. The third kappa shape index (κ3) is 5.21. The lowest BCUT2D eigenvalue weighted by Gasteiger charge is -2.32. The Morgan fingerprint density at radius 3 is 2.78 bits per heavy atom. The molecule has 3 rings (SSSR count).